The molecule has 2 aromatic carbocycles. The molecule has 0 unspecified atom stereocenters. The molecule has 0 saturated carbocycles. The van der Waals surface area contributed by atoms with E-state index in [2.05, 4.69) is 106 Å². The molecule has 3 aromatic rings. The summed E-state index contributed by atoms with van der Waals surface area (Å²) in [6, 6.07) is 16.0. The monoisotopic (exact) mass is 376 g/mol. The largest absolute Gasteiger partial charge is 0.354 e. The van der Waals surface area contributed by atoms with Crippen molar-refractivity contribution in [1.82, 2.24) is 9.22 Å². The van der Waals surface area contributed by atoms with E-state index in [-0.39, 0.29) is 11.0 Å². The molecule has 0 atom stereocenters. The Kier molecular flexibility index (Phi) is 3.83. The Bertz CT molecular complexity index is 1050. The molecular weight excluding hydrogens is 344 g/mol. The van der Waals surface area contributed by atoms with Crippen LogP contribution in [0.4, 0.5) is 0 Å². The van der Waals surface area contributed by atoms with Crippen LogP contribution in [0.5, 0.6) is 0 Å². The molecule has 2 nitrogen and oxygen atoms in total. The molecule has 0 amide bonds. The molecule has 4 rings (SSSR count). The lowest BCUT2D eigenvalue weighted by atomic mass is 9.81. The Morgan fingerprint density at radius 1 is 1.00 bits per heavy atom. The molecule has 1 N–H and O–H groups in total. The molecule has 142 valence electrons. The number of hydrogen-bond acceptors (Lipinski definition) is 1. The number of aromatic nitrogens is 1. The lowest BCUT2D eigenvalue weighted by Gasteiger charge is -2.36. The van der Waals surface area contributed by atoms with E-state index in [1.165, 1.54) is 38.9 Å². The van der Waals surface area contributed by atoms with Gasteiger partial charge in [0.25, 0.3) is 0 Å². The number of nitrogens with zero attached hydrogens (tertiary/aromatic N) is 1. The van der Waals surface area contributed by atoms with Crippen molar-refractivity contribution in [2.45, 2.75) is 65.6 Å². The van der Waals surface area contributed by atoms with Crippen molar-refractivity contribution in [3.8, 4) is 11.3 Å². The number of aryl methyl sites for hydroxylation is 1. The van der Waals surface area contributed by atoms with E-state index in [0.29, 0.717) is 0 Å². The fourth-order valence-electron chi connectivity index (χ4n) is 5.22. The highest BCUT2D eigenvalue weighted by Crippen LogP contribution is 2.53. The minimum absolute atomic E-state index is 0.0232. The summed E-state index contributed by atoms with van der Waals surface area (Å²) >= 11 is 0. The topological polar surface area (TPSA) is 17.0 Å². The van der Waals surface area contributed by atoms with Crippen LogP contribution in [0.3, 0.4) is 0 Å². The molecule has 0 spiro atoms. The number of nitrogens with one attached hydrogen (secondary N) is 1. The predicted octanol–water partition coefficient (Wildman–Crippen LogP) is 6.19. The van der Waals surface area contributed by atoms with E-state index in [1.807, 2.05) is 0 Å². The highest BCUT2D eigenvalue weighted by Gasteiger charge is 2.43. The Labute approximate surface area is 164 Å². The second-order valence-electron chi connectivity index (χ2n) is 10.2. The van der Waals surface area contributed by atoms with Gasteiger partial charge in [0.15, 0.2) is 0 Å². The predicted molar refractivity (Wildman–Crippen MR) is 120 cm³/mol. The van der Waals surface area contributed by atoms with E-state index in [1.54, 1.807) is 0 Å². The van der Waals surface area contributed by atoms with Crippen LogP contribution in [0.15, 0.2) is 42.5 Å². The van der Waals surface area contributed by atoms with Crippen molar-refractivity contribution in [3.63, 3.8) is 0 Å². The van der Waals surface area contributed by atoms with Gasteiger partial charge in [-0.25, -0.2) is 0 Å². The van der Waals surface area contributed by atoms with Crippen molar-refractivity contribution in [2.75, 3.05) is 0 Å². The van der Waals surface area contributed by atoms with Crippen molar-refractivity contribution in [1.29, 1.82) is 0 Å². The van der Waals surface area contributed by atoms with Crippen molar-refractivity contribution >= 4 is 19.3 Å². The van der Waals surface area contributed by atoms with E-state index in [0.717, 1.165) is 0 Å². The van der Waals surface area contributed by atoms with Crippen LogP contribution in [-0.2, 0) is 5.41 Å². The first kappa shape index (κ1) is 18.5. The van der Waals surface area contributed by atoms with Gasteiger partial charge in [-0.3, -0.25) is 0 Å². The van der Waals surface area contributed by atoms with Gasteiger partial charge < -0.3 is 9.22 Å². The first-order valence-electron chi connectivity index (χ1n) is 9.99. The average Bonchev–Trinajstić information content (AvgIpc) is 2.98. The Hall–Kier alpha value is -1.84. The summed E-state index contributed by atoms with van der Waals surface area (Å²) in [5.74, 6) is 0. The Balaban J connectivity index is 2.14. The lowest BCUT2D eigenvalue weighted by Crippen LogP contribution is -2.59. The fraction of sp³-hybridized carbons (Fsp3) is 0.417. The highest BCUT2D eigenvalue weighted by molar-refractivity contribution is 6.75. The summed E-state index contributed by atoms with van der Waals surface area (Å²) in [5.41, 5.74) is 8.60. The van der Waals surface area contributed by atoms with Gasteiger partial charge in [0.05, 0.1) is 0 Å². The summed E-state index contributed by atoms with van der Waals surface area (Å²) in [6.45, 7) is 18.7. The zero-order valence-corrected chi connectivity index (χ0v) is 19.0. The minimum atomic E-state index is -1.97. The highest BCUT2D eigenvalue weighted by atomic mass is 28.3. The van der Waals surface area contributed by atoms with Crippen LogP contribution in [0.25, 0.3) is 22.2 Å². The van der Waals surface area contributed by atoms with E-state index >= 15 is 0 Å². The van der Waals surface area contributed by atoms with Gasteiger partial charge in [0, 0.05) is 33.1 Å². The molecule has 1 aromatic heterocycles. The SMILES string of the molecule is Cc1ccc2c(c1)c1c(n2[Si](C)(C)NC(C)(C)C)-c2ccccc2C1(C)C. The summed E-state index contributed by atoms with van der Waals surface area (Å²) in [6.07, 6.45) is 0. The normalized spacial score (nSPS) is 15.9. The Morgan fingerprint density at radius 3 is 2.33 bits per heavy atom. The van der Waals surface area contributed by atoms with E-state index in [9.17, 15) is 0 Å². The van der Waals surface area contributed by atoms with Gasteiger partial charge in [0.1, 0.15) is 0 Å². The summed E-state index contributed by atoms with van der Waals surface area (Å²) < 4.78 is 2.68. The van der Waals surface area contributed by atoms with Gasteiger partial charge in [-0.15, -0.1) is 0 Å². The van der Waals surface area contributed by atoms with Crippen LogP contribution in [0.2, 0.25) is 13.1 Å². The van der Waals surface area contributed by atoms with Crippen molar-refractivity contribution in [3.05, 3.63) is 59.2 Å². The standard InChI is InChI=1S/C24H32N2Si/c1-16-13-14-20-18(15-16)21-22(26(20)27(7,8)25-23(2,3)4)17-11-9-10-12-19(17)24(21,5)6/h9-15,25H,1-8H3. The summed E-state index contributed by atoms with van der Waals surface area (Å²) in [7, 11) is -1.97. The second-order valence-corrected chi connectivity index (χ2v) is 14.0. The Morgan fingerprint density at radius 2 is 1.67 bits per heavy atom. The second kappa shape index (κ2) is 5.59. The summed E-state index contributed by atoms with van der Waals surface area (Å²) in [4.78, 5) is 3.99. The molecule has 0 bridgehead atoms. The minimum Gasteiger partial charge on any atom is -0.354 e. The van der Waals surface area contributed by atoms with Crippen LogP contribution >= 0.6 is 0 Å². The van der Waals surface area contributed by atoms with E-state index in [4.69, 9.17) is 0 Å². The van der Waals surface area contributed by atoms with Gasteiger partial charge in [-0.05, 0) is 64.0 Å². The van der Waals surface area contributed by atoms with Crippen LogP contribution in [-0.4, -0.2) is 18.2 Å². The maximum absolute atomic E-state index is 3.99. The molecular formula is C24H32N2Si. The van der Waals surface area contributed by atoms with Gasteiger partial charge in [-0.1, -0.05) is 49.7 Å². The number of hydrogen-bond donors (Lipinski definition) is 1. The third-order valence-electron chi connectivity index (χ3n) is 5.84. The van der Waals surface area contributed by atoms with Gasteiger partial charge in [0.2, 0.25) is 8.40 Å². The molecule has 1 heterocycles. The number of benzene rings is 2. The first-order valence-corrected chi connectivity index (χ1v) is 12.9. The third kappa shape index (κ3) is 2.71. The molecule has 0 saturated heterocycles. The van der Waals surface area contributed by atoms with Gasteiger partial charge >= 0.3 is 0 Å². The van der Waals surface area contributed by atoms with Gasteiger partial charge in [-0.2, -0.15) is 0 Å². The fourth-order valence-corrected chi connectivity index (χ4v) is 8.75. The third-order valence-corrected chi connectivity index (χ3v) is 8.79. The molecule has 0 radical (unpaired) electrons. The van der Waals surface area contributed by atoms with Crippen molar-refractivity contribution < 1.29 is 0 Å². The quantitative estimate of drug-likeness (QED) is 0.527. The van der Waals surface area contributed by atoms with Crippen LogP contribution in [0.1, 0.15) is 51.3 Å². The molecule has 1 aliphatic rings. The smallest absolute Gasteiger partial charge is 0.231 e. The molecule has 3 heteroatoms. The molecule has 0 fully saturated rings. The summed E-state index contributed by atoms with van der Waals surface area (Å²) in [5, 5.41) is 1.42. The van der Waals surface area contributed by atoms with Crippen molar-refractivity contribution in [2.24, 2.45) is 0 Å². The molecule has 27 heavy (non-hydrogen) atoms. The van der Waals surface area contributed by atoms with Crippen LogP contribution < -0.4 is 4.98 Å². The van der Waals surface area contributed by atoms with Crippen LogP contribution in [0, 0.1) is 6.92 Å². The lowest BCUT2D eigenvalue weighted by molar-refractivity contribution is 0.508. The molecule has 0 aliphatic heterocycles. The van der Waals surface area contributed by atoms with E-state index < -0.39 is 8.40 Å². The average molecular weight is 377 g/mol. The zero-order chi connectivity index (χ0) is 19.8. The number of rotatable bonds is 2. The molecule has 1 aliphatic carbocycles. The first-order chi connectivity index (χ1) is 12.4. The maximum Gasteiger partial charge on any atom is 0.231 e. The number of fused-ring (bicyclic) bond motifs is 5. The maximum atomic E-state index is 3.99. The zero-order valence-electron chi connectivity index (χ0n) is 18.0.